The van der Waals surface area contributed by atoms with Crippen LogP contribution in [0, 0.1) is 20.8 Å². The summed E-state index contributed by atoms with van der Waals surface area (Å²) < 4.78 is 0. The van der Waals surface area contributed by atoms with Gasteiger partial charge in [0.1, 0.15) is 23.3 Å². The number of hydrogen-bond acceptors (Lipinski definition) is 6. The summed E-state index contributed by atoms with van der Waals surface area (Å²) in [4.78, 5) is 18.4. The zero-order valence-electron chi connectivity index (χ0n) is 16.7. The lowest BCUT2D eigenvalue weighted by Gasteiger charge is -2.36. The summed E-state index contributed by atoms with van der Waals surface area (Å²) in [5, 5.41) is 3.50. The lowest BCUT2D eigenvalue weighted by atomic mass is 10.1. The van der Waals surface area contributed by atoms with E-state index >= 15 is 0 Å². The smallest absolute Gasteiger partial charge is 0.136 e. The van der Waals surface area contributed by atoms with E-state index in [2.05, 4.69) is 74.2 Å². The molecule has 1 fully saturated rings. The van der Waals surface area contributed by atoms with Gasteiger partial charge in [-0.1, -0.05) is 24.3 Å². The Hall–Kier alpha value is -3.15. The topological polar surface area (TPSA) is 57.2 Å². The molecule has 0 aliphatic carbocycles. The number of para-hydroxylation sites is 1. The highest BCUT2D eigenvalue weighted by molar-refractivity contribution is 5.66. The monoisotopic (exact) mass is 374 g/mol. The first-order valence-corrected chi connectivity index (χ1v) is 9.70. The molecular formula is C22H26N6. The van der Waals surface area contributed by atoms with E-state index in [1.807, 2.05) is 25.3 Å². The van der Waals surface area contributed by atoms with Gasteiger partial charge in [-0.05, 0) is 44.0 Å². The zero-order valence-corrected chi connectivity index (χ0v) is 16.7. The first kappa shape index (κ1) is 18.2. The number of benzene rings is 1. The normalized spacial score (nSPS) is 14.2. The molecule has 4 rings (SSSR count). The molecule has 0 spiro atoms. The van der Waals surface area contributed by atoms with Crippen molar-refractivity contribution in [2.45, 2.75) is 20.8 Å². The van der Waals surface area contributed by atoms with E-state index in [1.54, 1.807) is 0 Å². The number of nitrogens with zero attached hydrogens (tertiary/aromatic N) is 5. The maximum atomic E-state index is 4.68. The highest BCUT2D eigenvalue weighted by Gasteiger charge is 2.20. The minimum absolute atomic E-state index is 0.776. The number of anilines is 4. The van der Waals surface area contributed by atoms with Crippen LogP contribution in [0.5, 0.6) is 0 Å². The fourth-order valence-electron chi connectivity index (χ4n) is 3.62. The third-order valence-corrected chi connectivity index (χ3v) is 5.14. The van der Waals surface area contributed by atoms with Crippen LogP contribution in [0.15, 0.2) is 48.7 Å². The van der Waals surface area contributed by atoms with E-state index < -0.39 is 0 Å². The van der Waals surface area contributed by atoms with Crippen molar-refractivity contribution in [3.05, 3.63) is 65.6 Å². The van der Waals surface area contributed by atoms with E-state index in [1.165, 1.54) is 11.1 Å². The second-order valence-electron chi connectivity index (χ2n) is 7.21. The molecule has 0 bridgehead atoms. The Balaban J connectivity index is 1.50. The van der Waals surface area contributed by atoms with E-state index in [0.29, 0.717) is 0 Å². The van der Waals surface area contributed by atoms with Gasteiger partial charge in [-0.2, -0.15) is 0 Å². The minimum atomic E-state index is 0.776. The summed E-state index contributed by atoms with van der Waals surface area (Å²) in [6.45, 7) is 9.86. The van der Waals surface area contributed by atoms with E-state index in [4.69, 9.17) is 0 Å². The number of aryl methyl sites for hydroxylation is 3. The number of piperazine rings is 1. The predicted octanol–water partition coefficient (Wildman–Crippen LogP) is 3.87. The van der Waals surface area contributed by atoms with Gasteiger partial charge in [0.2, 0.25) is 0 Å². The minimum Gasteiger partial charge on any atom is -0.353 e. The number of rotatable bonds is 4. The number of nitrogens with one attached hydrogen (secondary N) is 1. The Kier molecular flexibility index (Phi) is 5.10. The quantitative estimate of drug-likeness (QED) is 0.748. The zero-order chi connectivity index (χ0) is 19.5. The van der Waals surface area contributed by atoms with Crippen LogP contribution in [0.3, 0.4) is 0 Å². The second kappa shape index (κ2) is 7.84. The van der Waals surface area contributed by atoms with Crippen molar-refractivity contribution in [2.24, 2.45) is 0 Å². The lowest BCUT2D eigenvalue weighted by Crippen LogP contribution is -2.47. The Labute approximate surface area is 166 Å². The molecule has 2 aromatic heterocycles. The van der Waals surface area contributed by atoms with Gasteiger partial charge >= 0.3 is 0 Å². The Bertz CT molecular complexity index is 928. The van der Waals surface area contributed by atoms with Gasteiger partial charge in [-0.25, -0.2) is 15.0 Å². The molecule has 3 aromatic rings. The molecule has 0 unspecified atom stereocenters. The largest absolute Gasteiger partial charge is 0.353 e. The van der Waals surface area contributed by atoms with Gasteiger partial charge in [0.25, 0.3) is 0 Å². The maximum absolute atomic E-state index is 4.68. The molecule has 0 radical (unpaired) electrons. The van der Waals surface area contributed by atoms with E-state index in [0.717, 1.165) is 55.1 Å². The Morgan fingerprint density at radius 2 is 1.46 bits per heavy atom. The van der Waals surface area contributed by atoms with Crippen LogP contribution in [-0.4, -0.2) is 41.1 Å². The molecule has 28 heavy (non-hydrogen) atoms. The molecule has 3 heterocycles. The fourth-order valence-corrected chi connectivity index (χ4v) is 3.62. The average Bonchev–Trinajstić information content (AvgIpc) is 2.71. The molecule has 0 amide bonds. The summed E-state index contributed by atoms with van der Waals surface area (Å²) in [6, 6.07) is 14.4. The summed E-state index contributed by atoms with van der Waals surface area (Å²) in [6.07, 6.45) is 1.85. The third kappa shape index (κ3) is 3.91. The van der Waals surface area contributed by atoms with Crippen molar-refractivity contribution in [1.29, 1.82) is 0 Å². The maximum Gasteiger partial charge on any atom is 0.136 e. The standard InChI is InChI=1S/C22H26N6/c1-16-7-6-8-17(2)22(16)26-19-15-21(25-18(3)24-19)28-13-11-27(12-14-28)20-9-4-5-10-23-20/h4-10,15H,11-14H2,1-3H3,(H,24,25,26). The third-order valence-electron chi connectivity index (χ3n) is 5.14. The molecule has 0 atom stereocenters. The van der Waals surface area contributed by atoms with Crippen LogP contribution in [0.2, 0.25) is 0 Å². The van der Waals surface area contributed by atoms with Crippen molar-refractivity contribution in [1.82, 2.24) is 15.0 Å². The molecule has 0 saturated carbocycles. The first-order valence-electron chi connectivity index (χ1n) is 9.70. The number of hydrogen-bond donors (Lipinski definition) is 1. The molecule has 1 aromatic carbocycles. The summed E-state index contributed by atoms with van der Waals surface area (Å²) in [5.74, 6) is 3.63. The van der Waals surface area contributed by atoms with Gasteiger partial charge < -0.3 is 15.1 Å². The summed E-state index contributed by atoms with van der Waals surface area (Å²) >= 11 is 0. The van der Waals surface area contributed by atoms with Gasteiger partial charge in [-0.3, -0.25) is 0 Å². The van der Waals surface area contributed by atoms with Crippen molar-refractivity contribution >= 4 is 23.1 Å². The molecule has 1 aliphatic rings. The molecule has 1 aliphatic heterocycles. The van der Waals surface area contributed by atoms with Crippen molar-refractivity contribution in [3.8, 4) is 0 Å². The van der Waals surface area contributed by atoms with Crippen LogP contribution < -0.4 is 15.1 Å². The van der Waals surface area contributed by atoms with Crippen molar-refractivity contribution in [3.63, 3.8) is 0 Å². The Morgan fingerprint density at radius 3 is 2.11 bits per heavy atom. The molecule has 1 saturated heterocycles. The SMILES string of the molecule is Cc1nc(Nc2c(C)cccc2C)cc(N2CCN(c3ccccn3)CC2)n1. The highest BCUT2D eigenvalue weighted by Crippen LogP contribution is 2.26. The number of pyridine rings is 1. The molecule has 6 heteroatoms. The van der Waals surface area contributed by atoms with Crippen molar-refractivity contribution in [2.75, 3.05) is 41.3 Å². The van der Waals surface area contributed by atoms with E-state index in [9.17, 15) is 0 Å². The average molecular weight is 374 g/mol. The second-order valence-corrected chi connectivity index (χ2v) is 7.21. The first-order chi connectivity index (χ1) is 13.6. The van der Waals surface area contributed by atoms with Gasteiger partial charge in [0, 0.05) is 44.1 Å². The van der Waals surface area contributed by atoms with Crippen LogP contribution in [-0.2, 0) is 0 Å². The summed E-state index contributed by atoms with van der Waals surface area (Å²) in [5.41, 5.74) is 3.54. The fraction of sp³-hybridized carbons (Fsp3) is 0.318. The summed E-state index contributed by atoms with van der Waals surface area (Å²) in [7, 11) is 0. The van der Waals surface area contributed by atoms with Gasteiger partial charge in [-0.15, -0.1) is 0 Å². The van der Waals surface area contributed by atoms with Crippen LogP contribution >= 0.6 is 0 Å². The van der Waals surface area contributed by atoms with Gasteiger partial charge in [0.15, 0.2) is 0 Å². The Morgan fingerprint density at radius 1 is 0.786 bits per heavy atom. The lowest BCUT2D eigenvalue weighted by molar-refractivity contribution is 0.640. The molecule has 1 N–H and O–H groups in total. The van der Waals surface area contributed by atoms with E-state index in [-0.39, 0.29) is 0 Å². The van der Waals surface area contributed by atoms with Crippen LogP contribution in [0.4, 0.5) is 23.1 Å². The molecule has 6 nitrogen and oxygen atoms in total. The van der Waals surface area contributed by atoms with Crippen LogP contribution in [0.1, 0.15) is 17.0 Å². The number of aromatic nitrogens is 3. The highest BCUT2D eigenvalue weighted by atomic mass is 15.3. The molecule has 144 valence electrons. The molecular weight excluding hydrogens is 348 g/mol. The van der Waals surface area contributed by atoms with Gasteiger partial charge in [0.05, 0.1) is 0 Å². The van der Waals surface area contributed by atoms with Crippen LogP contribution in [0.25, 0.3) is 0 Å². The predicted molar refractivity (Wildman–Crippen MR) is 115 cm³/mol. The van der Waals surface area contributed by atoms with Crippen molar-refractivity contribution < 1.29 is 0 Å².